The van der Waals surface area contributed by atoms with E-state index in [1.165, 1.54) is 30.3 Å². The molecule has 0 fully saturated rings. The maximum atomic E-state index is 12.9. The highest BCUT2D eigenvalue weighted by Gasteiger charge is 2.27. The number of carbonyl (C=O) groups excluding carboxylic acids is 3. The van der Waals surface area contributed by atoms with Crippen LogP contribution in [-0.2, 0) is 16.1 Å². The number of amides is 3. The van der Waals surface area contributed by atoms with Crippen LogP contribution in [-0.4, -0.2) is 46.5 Å². The van der Waals surface area contributed by atoms with E-state index in [-0.39, 0.29) is 29.0 Å². The summed E-state index contributed by atoms with van der Waals surface area (Å²) in [6, 6.07) is 9.53. The quantitative estimate of drug-likeness (QED) is 0.355. The molecule has 11 heteroatoms. The number of nitrogens with one attached hydrogen (secondary N) is 3. The van der Waals surface area contributed by atoms with Gasteiger partial charge in [0.1, 0.15) is 6.04 Å². The van der Waals surface area contributed by atoms with Crippen molar-refractivity contribution in [3.63, 3.8) is 0 Å². The topological polar surface area (TPSA) is 128 Å². The molecule has 2 rings (SSSR count). The molecule has 176 valence electrons. The summed E-state index contributed by atoms with van der Waals surface area (Å²) in [5.41, 5.74) is 0.426. The van der Waals surface area contributed by atoms with E-state index < -0.39 is 36.4 Å². The highest BCUT2D eigenvalue weighted by atomic mass is 35.5. The molecule has 0 spiro atoms. The Hall–Kier alpha value is -2.59. The molecule has 5 N–H and O–H groups in total. The van der Waals surface area contributed by atoms with E-state index in [1.54, 1.807) is 32.9 Å². The van der Waals surface area contributed by atoms with Gasteiger partial charge in [0.15, 0.2) is 0 Å². The van der Waals surface area contributed by atoms with Gasteiger partial charge in [-0.25, -0.2) is 0 Å². The summed E-state index contributed by atoms with van der Waals surface area (Å²) in [7, 11) is -1.64. The van der Waals surface area contributed by atoms with Gasteiger partial charge in [-0.05, 0) is 50.0 Å². The smallest absolute Gasteiger partial charge is 0.423 e. The minimum atomic E-state index is -1.64. The van der Waals surface area contributed by atoms with Gasteiger partial charge in [0.05, 0.1) is 17.0 Å². The van der Waals surface area contributed by atoms with Crippen LogP contribution in [0.25, 0.3) is 0 Å². The van der Waals surface area contributed by atoms with Gasteiger partial charge < -0.3 is 26.0 Å². The molecule has 0 heterocycles. The summed E-state index contributed by atoms with van der Waals surface area (Å²) < 4.78 is 0. The number of halogens is 2. The summed E-state index contributed by atoms with van der Waals surface area (Å²) in [6.45, 7) is 5.44. The molecule has 0 bridgehead atoms. The van der Waals surface area contributed by atoms with Crippen LogP contribution in [0.4, 0.5) is 0 Å². The Morgan fingerprint density at radius 3 is 2.39 bits per heavy atom. The van der Waals surface area contributed by atoms with Crippen molar-refractivity contribution in [1.82, 2.24) is 16.0 Å². The number of benzene rings is 2. The molecule has 0 aliphatic carbocycles. The van der Waals surface area contributed by atoms with Crippen LogP contribution in [0.3, 0.4) is 0 Å². The Balaban J connectivity index is 2.17. The van der Waals surface area contributed by atoms with E-state index in [0.717, 1.165) is 0 Å². The zero-order chi connectivity index (χ0) is 24.8. The molecule has 0 aliphatic rings. The highest BCUT2D eigenvalue weighted by molar-refractivity contribution is 6.58. The molecule has 0 radical (unpaired) electrons. The molecule has 8 nitrogen and oxygen atoms in total. The summed E-state index contributed by atoms with van der Waals surface area (Å²) >= 11 is 12.0. The fourth-order valence-corrected chi connectivity index (χ4v) is 3.32. The van der Waals surface area contributed by atoms with Crippen LogP contribution < -0.4 is 21.4 Å². The van der Waals surface area contributed by atoms with Gasteiger partial charge in [-0.3, -0.25) is 14.4 Å². The third kappa shape index (κ3) is 8.70. The molecule has 2 aromatic rings. The van der Waals surface area contributed by atoms with Crippen molar-refractivity contribution < 1.29 is 24.4 Å². The minimum Gasteiger partial charge on any atom is -0.423 e. The van der Waals surface area contributed by atoms with Crippen molar-refractivity contribution >= 4 is 53.5 Å². The SMILES string of the molecule is CC(C)(C)NC(=O)C[C@H](NC(=O)c1cc(Cl)ccc1Cl)C(=O)NCc1cccc(B(O)O)c1. The third-order valence-electron chi connectivity index (χ3n) is 4.41. The van der Waals surface area contributed by atoms with E-state index in [4.69, 9.17) is 23.2 Å². The van der Waals surface area contributed by atoms with Gasteiger partial charge in [-0.15, -0.1) is 0 Å². The van der Waals surface area contributed by atoms with Crippen LogP contribution in [0.15, 0.2) is 42.5 Å². The van der Waals surface area contributed by atoms with Gasteiger partial charge >= 0.3 is 7.12 Å². The molecule has 0 saturated heterocycles. The van der Waals surface area contributed by atoms with Crippen molar-refractivity contribution in [2.45, 2.75) is 45.3 Å². The normalized spacial score (nSPS) is 12.0. The zero-order valence-corrected chi connectivity index (χ0v) is 20.0. The minimum absolute atomic E-state index is 0.0462. The van der Waals surface area contributed by atoms with Crippen molar-refractivity contribution in [3.05, 3.63) is 63.6 Å². The van der Waals surface area contributed by atoms with E-state index in [9.17, 15) is 24.4 Å². The van der Waals surface area contributed by atoms with E-state index in [0.29, 0.717) is 10.6 Å². The fraction of sp³-hybridized carbons (Fsp3) is 0.318. The van der Waals surface area contributed by atoms with Gasteiger partial charge in [-0.2, -0.15) is 0 Å². The Labute approximate surface area is 202 Å². The maximum Gasteiger partial charge on any atom is 0.488 e. The van der Waals surface area contributed by atoms with Crippen LogP contribution in [0.2, 0.25) is 10.0 Å². The van der Waals surface area contributed by atoms with E-state index >= 15 is 0 Å². The second kappa shape index (κ2) is 11.5. The van der Waals surface area contributed by atoms with Crippen LogP contribution >= 0.6 is 23.2 Å². The lowest BCUT2D eigenvalue weighted by Crippen LogP contribution is -2.51. The monoisotopic (exact) mass is 493 g/mol. The number of rotatable bonds is 8. The standard InChI is InChI=1S/C22H26BCl2N3O5/c1-22(2,3)28-19(29)11-18(27-20(30)16-10-15(24)7-8-17(16)25)21(31)26-12-13-5-4-6-14(9-13)23(32)33/h4-10,18,32-33H,11-12H2,1-3H3,(H,26,31)(H,27,30)(H,28,29)/t18-/m0/s1. The summed E-state index contributed by atoms with van der Waals surface area (Å²) in [6.07, 6.45) is -0.303. The van der Waals surface area contributed by atoms with E-state index in [2.05, 4.69) is 16.0 Å². The molecule has 0 saturated carbocycles. The summed E-state index contributed by atoms with van der Waals surface area (Å²) in [5, 5.41) is 27.0. The Morgan fingerprint density at radius 1 is 1.06 bits per heavy atom. The average Bonchev–Trinajstić information content (AvgIpc) is 2.72. The Morgan fingerprint density at radius 2 is 1.76 bits per heavy atom. The summed E-state index contributed by atoms with van der Waals surface area (Å²) in [4.78, 5) is 38.1. The van der Waals surface area contributed by atoms with Crippen LogP contribution in [0, 0.1) is 0 Å². The lowest BCUT2D eigenvalue weighted by molar-refractivity contribution is -0.129. The second-order valence-electron chi connectivity index (χ2n) is 8.49. The first-order chi connectivity index (χ1) is 15.4. The lowest BCUT2D eigenvalue weighted by Gasteiger charge is -2.23. The predicted molar refractivity (Wildman–Crippen MR) is 128 cm³/mol. The van der Waals surface area contributed by atoms with Gasteiger partial charge in [0.25, 0.3) is 5.91 Å². The molecule has 33 heavy (non-hydrogen) atoms. The third-order valence-corrected chi connectivity index (χ3v) is 4.98. The molecule has 0 aliphatic heterocycles. The van der Waals surface area contributed by atoms with Crippen LogP contribution in [0.1, 0.15) is 43.1 Å². The van der Waals surface area contributed by atoms with Gasteiger partial charge in [0, 0.05) is 17.1 Å². The lowest BCUT2D eigenvalue weighted by atomic mass is 9.79. The van der Waals surface area contributed by atoms with Gasteiger partial charge in [0.2, 0.25) is 11.8 Å². The van der Waals surface area contributed by atoms with Crippen molar-refractivity contribution in [3.8, 4) is 0 Å². The average molecular weight is 494 g/mol. The first-order valence-corrected chi connectivity index (χ1v) is 10.9. The number of hydrogen-bond acceptors (Lipinski definition) is 5. The molecule has 3 amide bonds. The molecule has 0 unspecified atom stereocenters. The van der Waals surface area contributed by atoms with Gasteiger partial charge in [-0.1, -0.05) is 47.5 Å². The predicted octanol–water partition coefficient (Wildman–Crippen LogP) is 1.39. The molecule has 0 aromatic heterocycles. The molecular formula is C22H26BCl2N3O5. The number of carbonyl (C=O) groups is 3. The fourth-order valence-electron chi connectivity index (χ4n) is 2.95. The van der Waals surface area contributed by atoms with Crippen LogP contribution in [0.5, 0.6) is 0 Å². The summed E-state index contributed by atoms with van der Waals surface area (Å²) in [5.74, 6) is -1.68. The molecule has 1 atom stereocenters. The zero-order valence-electron chi connectivity index (χ0n) is 18.5. The largest absolute Gasteiger partial charge is 0.488 e. The Bertz CT molecular complexity index is 1030. The Kier molecular flexibility index (Phi) is 9.30. The first kappa shape index (κ1) is 26.7. The van der Waals surface area contributed by atoms with Crippen molar-refractivity contribution in [2.24, 2.45) is 0 Å². The maximum absolute atomic E-state index is 12.9. The van der Waals surface area contributed by atoms with Crippen molar-refractivity contribution in [2.75, 3.05) is 0 Å². The first-order valence-electron chi connectivity index (χ1n) is 10.2. The number of hydrogen-bond donors (Lipinski definition) is 5. The highest BCUT2D eigenvalue weighted by Crippen LogP contribution is 2.20. The van der Waals surface area contributed by atoms with Crippen molar-refractivity contribution in [1.29, 1.82) is 0 Å². The van der Waals surface area contributed by atoms with E-state index in [1.807, 2.05) is 0 Å². The molecule has 2 aromatic carbocycles. The second-order valence-corrected chi connectivity index (χ2v) is 9.33. The molecular weight excluding hydrogens is 468 g/mol.